The number of aliphatic hydroxyl groups is 1. The number of nitrogens with zero attached hydrogens (tertiary/aromatic N) is 3. The number of aromatic nitrogens is 2. The number of rotatable bonds is 3. The summed E-state index contributed by atoms with van der Waals surface area (Å²) >= 11 is 0. The Hall–Kier alpha value is -2.42. The molecule has 0 atom stereocenters. The third-order valence-electron chi connectivity index (χ3n) is 4.87. The maximum absolute atomic E-state index is 12.5. The van der Waals surface area contributed by atoms with Crippen LogP contribution in [-0.2, 0) is 26.4 Å². The summed E-state index contributed by atoms with van der Waals surface area (Å²) in [6.07, 6.45) is 2.07. The lowest BCUT2D eigenvalue weighted by atomic mass is 10.1. The van der Waals surface area contributed by atoms with Crippen molar-refractivity contribution in [2.45, 2.75) is 32.7 Å². The third kappa shape index (κ3) is 4.21. The summed E-state index contributed by atoms with van der Waals surface area (Å²) in [4.78, 5) is 19.5. The van der Waals surface area contributed by atoms with E-state index in [4.69, 9.17) is 5.11 Å². The van der Waals surface area contributed by atoms with Gasteiger partial charge < -0.3 is 5.11 Å². The standard InChI is InChI=1S/C21H25N3O2/c1-16-22-20-11-13-24(12-10-19(20)21(26)23(16)2)15-18-8-6-17(7-9-18)5-3-4-14-25/h6-9,25H,4,10-15H2,1-2H3. The van der Waals surface area contributed by atoms with Gasteiger partial charge in [-0.1, -0.05) is 24.0 Å². The summed E-state index contributed by atoms with van der Waals surface area (Å²) in [5.41, 5.74) is 4.13. The number of hydrogen-bond donors (Lipinski definition) is 1. The highest BCUT2D eigenvalue weighted by Gasteiger charge is 2.19. The number of aliphatic hydroxyl groups excluding tert-OH is 1. The SMILES string of the molecule is Cc1nc2c(c(=O)n1C)CCN(Cc1ccc(C#CCCO)cc1)CC2. The molecule has 0 spiro atoms. The maximum atomic E-state index is 12.5. The zero-order valence-electron chi connectivity index (χ0n) is 15.5. The molecule has 0 unspecified atom stereocenters. The first-order valence-corrected chi connectivity index (χ1v) is 9.05. The molecule has 5 nitrogen and oxygen atoms in total. The summed E-state index contributed by atoms with van der Waals surface area (Å²) in [6, 6.07) is 8.24. The lowest BCUT2D eigenvalue weighted by molar-refractivity contribution is 0.279. The van der Waals surface area contributed by atoms with Gasteiger partial charge in [-0.3, -0.25) is 14.3 Å². The number of aryl methyl sites for hydroxylation is 1. The molecule has 2 aromatic rings. The van der Waals surface area contributed by atoms with E-state index in [9.17, 15) is 4.79 Å². The molecule has 1 aromatic heterocycles. The molecule has 136 valence electrons. The molecular formula is C21H25N3O2. The van der Waals surface area contributed by atoms with E-state index in [1.54, 1.807) is 11.6 Å². The minimum atomic E-state index is 0.0971. The molecule has 1 aliphatic heterocycles. The van der Waals surface area contributed by atoms with E-state index < -0.39 is 0 Å². The van der Waals surface area contributed by atoms with Crippen molar-refractivity contribution >= 4 is 0 Å². The van der Waals surface area contributed by atoms with Crippen LogP contribution in [-0.4, -0.2) is 39.3 Å². The molecule has 2 heterocycles. The molecular weight excluding hydrogens is 326 g/mol. The van der Waals surface area contributed by atoms with Crippen molar-refractivity contribution in [1.29, 1.82) is 0 Å². The van der Waals surface area contributed by atoms with Crippen LogP contribution in [0.15, 0.2) is 29.1 Å². The van der Waals surface area contributed by atoms with Gasteiger partial charge in [0.05, 0.1) is 12.3 Å². The summed E-state index contributed by atoms with van der Waals surface area (Å²) in [6.45, 7) is 4.61. The number of benzene rings is 1. The predicted octanol–water partition coefficient (Wildman–Crippen LogP) is 1.42. The van der Waals surface area contributed by atoms with E-state index in [2.05, 4.69) is 33.9 Å². The second-order valence-electron chi connectivity index (χ2n) is 6.70. The van der Waals surface area contributed by atoms with Gasteiger partial charge in [0.15, 0.2) is 0 Å². The second kappa shape index (κ2) is 8.31. The van der Waals surface area contributed by atoms with E-state index in [1.165, 1.54) is 5.56 Å². The Morgan fingerprint density at radius 3 is 2.65 bits per heavy atom. The smallest absolute Gasteiger partial charge is 0.256 e. The predicted molar refractivity (Wildman–Crippen MR) is 102 cm³/mol. The third-order valence-corrected chi connectivity index (χ3v) is 4.87. The van der Waals surface area contributed by atoms with Crippen molar-refractivity contribution in [2.75, 3.05) is 19.7 Å². The molecule has 0 saturated heterocycles. The van der Waals surface area contributed by atoms with Gasteiger partial charge in [-0.05, 0) is 31.0 Å². The van der Waals surface area contributed by atoms with E-state index in [1.807, 2.05) is 19.1 Å². The van der Waals surface area contributed by atoms with Gasteiger partial charge in [0.2, 0.25) is 0 Å². The van der Waals surface area contributed by atoms with E-state index in [0.29, 0.717) is 6.42 Å². The fourth-order valence-corrected chi connectivity index (χ4v) is 3.24. The number of fused-ring (bicyclic) bond motifs is 1. The average Bonchev–Trinajstić information content (AvgIpc) is 2.84. The summed E-state index contributed by atoms with van der Waals surface area (Å²) in [5.74, 6) is 6.76. The molecule has 0 radical (unpaired) electrons. The molecule has 0 bridgehead atoms. The van der Waals surface area contributed by atoms with Gasteiger partial charge in [-0.2, -0.15) is 0 Å². The zero-order valence-corrected chi connectivity index (χ0v) is 15.5. The van der Waals surface area contributed by atoms with Crippen molar-refractivity contribution in [3.8, 4) is 11.8 Å². The Morgan fingerprint density at radius 2 is 1.92 bits per heavy atom. The van der Waals surface area contributed by atoms with Crippen LogP contribution in [0.4, 0.5) is 0 Å². The van der Waals surface area contributed by atoms with E-state index in [0.717, 1.165) is 55.1 Å². The fourth-order valence-electron chi connectivity index (χ4n) is 3.24. The molecule has 26 heavy (non-hydrogen) atoms. The zero-order chi connectivity index (χ0) is 18.5. The molecule has 0 saturated carbocycles. The van der Waals surface area contributed by atoms with Gasteiger partial charge in [-0.15, -0.1) is 0 Å². The van der Waals surface area contributed by atoms with Crippen LogP contribution in [0.1, 0.15) is 34.6 Å². The summed E-state index contributed by atoms with van der Waals surface area (Å²) in [7, 11) is 1.79. The van der Waals surface area contributed by atoms with Gasteiger partial charge in [-0.25, -0.2) is 4.98 Å². The quantitative estimate of drug-likeness (QED) is 0.850. The lowest BCUT2D eigenvalue weighted by Gasteiger charge is -2.19. The molecule has 0 amide bonds. The second-order valence-corrected chi connectivity index (χ2v) is 6.70. The van der Waals surface area contributed by atoms with Gasteiger partial charge in [0.1, 0.15) is 5.82 Å². The highest BCUT2D eigenvalue weighted by atomic mass is 16.2. The molecule has 0 aliphatic carbocycles. The maximum Gasteiger partial charge on any atom is 0.256 e. The normalized spacial score (nSPS) is 14.3. The molecule has 5 heteroatoms. The first-order valence-electron chi connectivity index (χ1n) is 9.05. The Balaban J connectivity index is 1.67. The summed E-state index contributed by atoms with van der Waals surface area (Å²) < 4.78 is 1.64. The molecule has 3 rings (SSSR count). The van der Waals surface area contributed by atoms with Crippen LogP contribution >= 0.6 is 0 Å². The highest BCUT2D eigenvalue weighted by Crippen LogP contribution is 2.14. The van der Waals surface area contributed by atoms with Crippen molar-refractivity contribution < 1.29 is 5.11 Å². The van der Waals surface area contributed by atoms with Crippen LogP contribution in [0.25, 0.3) is 0 Å². The Morgan fingerprint density at radius 1 is 1.19 bits per heavy atom. The fraction of sp³-hybridized carbons (Fsp3) is 0.429. The average molecular weight is 351 g/mol. The van der Waals surface area contributed by atoms with Gasteiger partial charge >= 0.3 is 0 Å². The minimum absolute atomic E-state index is 0.0971. The largest absolute Gasteiger partial charge is 0.395 e. The van der Waals surface area contributed by atoms with Crippen LogP contribution in [0.3, 0.4) is 0 Å². The monoisotopic (exact) mass is 351 g/mol. The first-order chi connectivity index (χ1) is 12.6. The van der Waals surface area contributed by atoms with Crippen molar-refractivity contribution in [3.63, 3.8) is 0 Å². The van der Waals surface area contributed by atoms with E-state index in [-0.39, 0.29) is 12.2 Å². The Labute approximate surface area is 154 Å². The first kappa shape index (κ1) is 18.4. The van der Waals surface area contributed by atoms with Gasteiger partial charge in [0.25, 0.3) is 5.56 Å². The van der Waals surface area contributed by atoms with Crippen molar-refractivity contribution in [3.05, 3.63) is 62.8 Å². The molecule has 1 aromatic carbocycles. The lowest BCUT2D eigenvalue weighted by Crippen LogP contribution is -2.28. The molecule has 1 N–H and O–H groups in total. The van der Waals surface area contributed by atoms with E-state index >= 15 is 0 Å². The minimum Gasteiger partial charge on any atom is -0.395 e. The van der Waals surface area contributed by atoms with Crippen molar-refractivity contribution in [2.24, 2.45) is 7.05 Å². The van der Waals surface area contributed by atoms with Gasteiger partial charge in [0, 0.05) is 50.7 Å². The van der Waals surface area contributed by atoms with Crippen LogP contribution < -0.4 is 5.56 Å². The Bertz CT molecular complexity index is 888. The van der Waals surface area contributed by atoms with Crippen molar-refractivity contribution in [1.82, 2.24) is 14.5 Å². The topological polar surface area (TPSA) is 58.4 Å². The molecule has 0 fully saturated rings. The molecule has 1 aliphatic rings. The van der Waals surface area contributed by atoms with Crippen LogP contribution in [0.2, 0.25) is 0 Å². The summed E-state index contributed by atoms with van der Waals surface area (Å²) in [5, 5.41) is 8.77. The van der Waals surface area contributed by atoms with Crippen LogP contribution in [0, 0.1) is 18.8 Å². The Kier molecular flexibility index (Phi) is 5.87. The van der Waals surface area contributed by atoms with Crippen LogP contribution in [0.5, 0.6) is 0 Å². The highest BCUT2D eigenvalue weighted by molar-refractivity contribution is 5.36. The number of hydrogen-bond acceptors (Lipinski definition) is 4.